The lowest BCUT2D eigenvalue weighted by Crippen LogP contribution is -2.32. The molecule has 4 N–H and O–H groups in total. The van der Waals surface area contributed by atoms with E-state index in [2.05, 4.69) is 15.9 Å². The molecule has 0 saturated heterocycles. The Bertz CT molecular complexity index is 276. The summed E-state index contributed by atoms with van der Waals surface area (Å²) in [6.07, 6.45) is 0. The van der Waals surface area contributed by atoms with E-state index in [0.717, 1.165) is 11.3 Å². The van der Waals surface area contributed by atoms with E-state index in [0.29, 0.717) is 3.79 Å². The highest BCUT2D eigenvalue weighted by Gasteiger charge is 2.22. The van der Waals surface area contributed by atoms with Crippen molar-refractivity contribution in [2.75, 3.05) is 0 Å². The minimum absolute atomic E-state index is 0.239. The van der Waals surface area contributed by atoms with Gasteiger partial charge in [0.05, 0.1) is 3.79 Å². The molecule has 0 amide bonds. The lowest BCUT2D eigenvalue weighted by Gasteiger charge is -1.92. The molecule has 0 aromatic carbocycles. The Morgan fingerprint density at radius 2 is 1.75 bits per heavy atom. The maximum absolute atomic E-state index is 8.77. The van der Waals surface area contributed by atoms with Crippen molar-refractivity contribution < 1.29 is 20.1 Å². The van der Waals surface area contributed by atoms with Gasteiger partial charge in [0.2, 0.25) is 0 Å². The van der Waals surface area contributed by atoms with Gasteiger partial charge in [-0.1, -0.05) is 6.07 Å². The van der Waals surface area contributed by atoms with Crippen LogP contribution in [-0.2, 0) is 0 Å². The molecule has 0 atom stereocenters. The normalized spacial score (nSPS) is 10.1. The number of thiophene rings is 1. The molecule has 1 rings (SSSR count). The molecule has 0 unspecified atom stereocenters. The predicted molar refractivity (Wildman–Crippen MR) is 51.7 cm³/mol. The monoisotopic (exact) mass is 250 g/mol. The van der Waals surface area contributed by atoms with Gasteiger partial charge < -0.3 is 20.1 Å². The molecule has 4 nitrogen and oxygen atoms in total. The van der Waals surface area contributed by atoms with Crippen LogP contribution in [0, 0.1) is 0 Å². The van der Waals surface area contributed by atoms with Crippen molar-refractivity contribution in [3.8, 4) is 0 Å². The molecule has 0 saturated carbocycles. The zero-order valence-corrected chi connectivity index (χ0v) is 8.21. The van der Waals surface area contributed by atoms with Crippen LogP contribution in [0.2, 0.25) is 0 Å². The highest BCUT2D eigenvalue weighted by atomic mass is 79.9. The molecule has 0 bridgehead atoms. The van der Waals surface area contributed by atoms with E-state index in [9.17, 15) is 0 Å². The van der Waals surface area contributed by atoms with Gasteiger partial charge in [-0.05, 0) is 15.9 Å². The molecule has 0 aliphatic carbocycles. The Kier molecular flexibility index (Phi) is 3.33. The van der Waals surface area contributed by atoms with E-state index < -0.39 is 14.2 Å². The summed E-state index contributed by atoms with van der Waals surface area (Å²) in [5.41, 5.74) is 0.239. The van der Waals surface area contributed by atoms with E-state index in [1.807, 2.05) is 0 Å². The zero-order valence-electron chi connectivity index (χ0n) is 5.81. The third-order valence-electron chi connectivity index (χ3n) is 1.26. The van der Waals surface area contributed by atoms with Crippen LogP contribution in [0.5, 0.6) is 0 Å². The number of rotatable bonds is 2. The van der Waals surface area contributed by atoms with E-state index >= 15 is 0 Å². The van der Waals surface area contributed by atoms with E-state index in [1.54, 1.807) is 0 Å². The number of halogens is 1. The van der Waals surface area contributed by atoms with Crippen molar-refractivity contribution >= 4 is 51.7 Å². The van der Waals surface area contributed by atoms with E-state index in [-0.39, 0.29) is 10.2 Å². The second-order valence-corrected chi connectivity index (χ2v) is 4.53. The molecule has 0 aliphatic rings. The lowest BCUT2D eigenvalue weighted by molar-refractivity contribution is 0.426. The van der Waals surface area contributed by atoms with Crippen molar-refractivity contribution in [3.05, 3.63) is 9.85 Å². The Balaban J connectivity index is 3.00. The molecule has 12 heavy (non-hydrogen) atoms. The zero-order chi connectivity index (χ0) is 9.30. The van der Waals surface area contributed by atoms with Crippen LogP contribution in [0.3, 0.4) is 0 Å². The highest BCUT2D eigenvalue weighted by Crippen LogP contribution is 2.12. The minimum atomic E-state index is -1.59. The van der Waals surface area contributed by atoms with Crippen LogP contribution in [-0.4, -0.2) is 34.3 Å². The summed E-state index contributed by atoms with van der Waals surface area (Å²) in [6, 6.07) is 1.32. The van der Waals surface area contributed by atoms with Crippen molar-refractivity contribution in [2.45, 2.75) is 0 Å². The third-order valence-corrected chi connectivity index (χ3v) is 3.19. The van der Waals surface area contributed by atoms with Gasteiger partial charge in [-0.15, -0.1) is 11.3 Å². The van der Waals surface area contributed by atoms with Crippen molar-refractivity contribution in [3.63, 3.8) is 0 Å². The molecule has 1 aromatic heterocycles. The van der Waals surface area contributed by atoms with Gasteiger partial charge in [-0.2, -0.15) is 0 Å². The maximum atomic E-state index is 8.77. The third kappa shape index (κ3) is 2.09. The average molecular weight is 251 g/mol. The van der Waals surface area contributed by atoms with Crippen molar-refractivity contribution in [1.82, 2.24) is 0 Å². The second kappa shape index (κ2) is 3.91. The van der Waals surface area contributed by atoms with Gasteiger partial charge in [0, 0.05) is 10.2 Å². The topological polar surface area (TPSA) is 80.9 Å². The fourth-order valence-electron chi connectivity index (χ4n) is 0.705. The maximum Gasteiger partial charge on any atom is 0.499 e. The molecule has 0 fully saturated rings. The van der Waals surface area contributed by atoms with Crippen LogP contribution in [0.15, 0.2) is 9.85 Å². The lowest BCUT2D eigenvalue weighted by atomic mass is 9.79. The second-order valence-electron chi connectivity index (χ2n) is 2.13. The Morgan fingerprint density at radius 3 is 2.00 bits per heavy atom. The number of hydrogen-bond acceptors (Lipinski definition) is 5. The van der Waals surface area contributed by atoms with Crippen LogP contribution < -0.4 is 10.2 Å². The van der Waals surface area contributed by atoms with E-state index in [4.69, 9.17) is 20.1 Å². The first-order valence-electron chi connectivity index (χ1n) is 3.03. The average Bonchev–Trinajstić information content (AvgIpc) is 2.30. The summed E-state index contributed by atoms with van der Waals surface area (Å²) >= 11 is 4.11. The Morgan fingerprint density at radius 1 is 1.17 bits per heavy atom. The molecule has 1 heterocycles. The SMILES string of the molecule is OB(O)c1cc(B(O)O)c(Br)s1. The van der Waals surface area contributed by atoms with E-state index in [1.165, 1.54) is 6.07 Å². The first-order valence-corrected chi connectivity index (χ1v) is 4.64. The molecule has 0 aliphatic heterocycles. The molecular formula is C4H5B2BrO4S. The molecule has 0 spiro atoms. The largest absolute Gasteiger partial charge is 0.499 e. The number of hydrogen-bond donors (Lipinski definition) is 4. The van der Waals surface area contributed by atoms with Crippen molar-refractivity contribution in [1.29, 1.82) is 0 Å². The summed E-state index contributed by atoms with van der Waals surface area (Å²) in [7, 11) is -3.16. The van der Waals surface area contributed by atoms with Crippen LogP contribution in [0.25, 0.3) is 0 Å². The summed E-state index contributed by atoms with van der Waals surface area (Å²) in [6.45, 7) is 0. The molecule has 0 radical (unpaired) electrons. The Labute approximate surface area is 81.9 Å². The highest BCUT2D eigenvalue weighted by molar-refractivity contribution is 9.11. The van der Waals surface area contributed by atoms with Crippen LogP contribution >= 0.6 is 27.3 Å². The molecular weight excluding hydrogens is 246 g/mol. The van der Waals surface area contributed by atoms with Gasteiger partial charge in [0.15, 0.2) is 0 Å². The van der Waals surface area contributed by atoms with Gasteiger partial charge >= 0.3 is 14.2 Å². The predicted octanol–water partition coefficient (Wildman–Crippen LogP) is -2.13. The fraction of sp³-hybridized carbons (Fsp3) is 0. The van der Waals surface area contributed by atoms with Gasteiger partial charge in [0.1, 0.15) is 0 Å². The van der Waals surface area contributed by atoms with Crippen LogP contribution in [0.4, 0.5) is 0 Å². The summed E-state index contributed by atoms with van der Waals surface area (Å²) in [5, 5.41) is 35.0. The first-order chi connectivity index (χ1) is 5.52. The van der Waals surface area contributed by atoms with Gasteiger partial charge in [-0.3, -0.25) is 0 Å². The fourth-order valence-corrected chi connectivity index (χ4v) is 2.37. The van der Waals surface area contributed by atoms with Crippen molar-refractivity contribution in [2.24, 2.45) is 0 Å². The van der Waals surface area contributed by atoms with Crippen LogP contribution in [0.1, 0.15) is 0 Å². The molecule has 8 heteroatoms. The molecule has 64 valence electrons. The smallest absolute Gasteiger partial charge is 0.423 e. The first kappa shape index (κ1) is 10.2. The minimum Gasteiger partial charge on any atom is -0.423 e. The van der Waals surface area contributed by atoms with Gasteiger partial charge in [-0.25, -0.2) is 0 Å². The summed E-state index contributed by atoms with van der Waals surface area (Å²) in [4.78, 5) is 0. The summed E-state index contributed by atoms with van der Waals surface area (Å²) < 4.78 is 0.755. The Hall–Kier alpha value is 0.150. The quantitative estimate of drug-likeness (QED) is 0.452. The molecule has 1 aromatic rings. The standard InChI is InChI=1S/C4H5B2BrO4S/c7-4-2(5(8)9)1-3(12-4)6(10)11/h1,8-11H. The summed E-state index contributed by atoms with van der Waals surface area (Å²) in [5.74, 6) is 0. The van der Waals surface area contributed by atoms with Gasteiger partial charge in [0.25, 0.3) is 0 Å².